The van der Waals surface area contributed by atoms with E-state index in [-0.39, 0.29) is 5.78 Å². The second kappa shape index (κ2) is 6.06. The van der Waals surface area contributed by atoms with Crippen LogP contribution in [-0.2, 0) is 13.6 Å². The van der Waals surface area contributed by atoms with Crippen molar-refractivity contribution in [2.45, 2.75) is 20.4 Å². The highest BCUT2D eigenvalue weighted by Crippen LogP contribution is 2.14. The molecule has 3 heteroatoms. The normalized spacial score (nSPS) is 11.1. The Morgan fingerprint density at radius 3 is 2.40 bits per heavy atom. The number of aromatic nitrogens is 1. The van der Waals surface area contributed by atoms with Gasteiger partial charge in [0, 0.05) is 30.5 Å². The van der Waals surface area contributed by atoms with Gasteiger partial charge in [0.25, 0.3) is 0 Å². The van der Waals surface area contributed by atoms with Gasteiger partial charge in [-0.3, -0.25) is 9.69 Å². The highest BCUT2D eigenvalue weighted by Gasteiger charge is 2.15. The number of carbonyl (C=O) groups is 1. The topological polar surface area (TPSA) is 25.2 Å². The molecular weight excluding hydrogens is 248 g/mol. The molecule has 20 heavy (non-hydrogen) atoms. The minimum absolute atomic E-state index is 0.185. The summed E-state index contributed by atoms with van der Waals surface area (Å²) in [4.78, 5) is 14.4. The maximum atomic E-state index is 12.4. The van der Waals surface area contributed by atoms with Gasteiger partial charge in [-0.25, -0.2) is 0 Å². The van der Waals surface area contributed by atoms with Crippen molar-refractivity contribution in [2.24, 2.45) is 7.05 Å². The van der Waals surface area contributed by atoms with Crippen LogP contribution in [0.3, 0.4) is 0 Å². The maximum Gasteiger partial charge on any atom is 0.178 e. The van der Waals surface area contributed by atoms with Gasteiger partial charge in [-0.1, -0.05) is 30.3 Å². The van der Waals surface area contributed by atoms with E-state index in [0.717, 1.165) is 23.5 Å². The van der Waals surface area contributed by atoms with Crippen LogP contribution in [0.4, 0.5) is 0 Å². The number of benzene rings is 1. The first kappa shape index (κ1) is 14.5. The molecule has 2 rings (SSSR count). The summed E-state index contributed by atoms with van der Waals surface area (Å²) in [6.07, 6.45) is 0. The van der Waals surface area contributed by atoms with Crippen LogP contribution in [0, 0.1) is 13.8 Å². The zero-order valence-corrected chi connectivity index (χ0v) is 12.7. The fourth-order valence-corrected chi connectivity index (χ4v) is 2.42. The van der Waals surface area contributed by atoms with Crippen molar-refractivity contribution in [3.8, 4) is 0 Å². The number of Topliss-reactive ketones (excluding diaryl/α,β-unsaturated/α-hetero) is 1. The van der Waals surface area contributed by atoms with E-state index >= 15 is 0 Å². The number of hydrogen-bond acceptors (Lipinski definition) is 2. The molecule has 3 nitrogen and oxygen atoms in total. The third-order valence-corrected chi connectivity index (χ3v) is 3.78. The molecule has 0 fully saturated rings. The first-order valence-electron chi connectivity index (χ1n) is 6.87. The van der Waals surface area contributed by atoms with E-state index in [1.165, 1.54) is 5.56 Å². The fourth-order valence-electron chi connectivity index (χ4n) is 2.42. The molecule has 2 aromatic rings. The van der Waals surface area contributed by atoms with Crippen LogP contribution in [0.5, 0.6) is 0 Å². The predicted molar refractivity (Wildman–Crippen MR) is 82.0 cm³/mol. The lowest BCUT2D eigenvalue weighted by Gasteiger charge is -2.15. The molecule has 0 N–H and O–H groups in total. The molecule has 0 spiro atoms. The smallest absolute Gasteiger partial charge is 0.178 e. The quantitative estimate of drug-likeness (QED) is 0.780. The number of rotatable bonds is 5. The first-order valence-corrected chi connectivity index (χ1v) is 6.87. The van der Waals surface area contributed by atoms with Gasteiger partial charge in [0.15, 0.2) is 5.78 Å². The highest BCUT2D eigenvalue weighted by atomic mass is 16.1. The Morgan fingerprint density at radius 1 is 1.20 bits per heavy atom. The van der Waals surface area contributed by atoms with E-state index in [9.17, 15) is 4.79 Å². The molecule has 0 saturated carbocycles. The fraction of sp³-hybridized carbons (Fsp3) is 0.353. The molecule has 1 heterocycles. The lowest BCUT2D eigenvalue weighted by Crippen LogP contribution is -2.25. The Balaban J connectivity index is 2.02. The van der Waals surface area contributed by atoms with Crippen molar-refractivity contribution in [2.75, 3.05) is 13.6 Å². The Labute approximate surface area is 120 Å². The number of hydrogen-bond donors (Lipinski definition) is 0. The van der Waals surface area contributed by atoms with Crippen molar-refractivity contribution in [3.05, 3.63) is 58.9 Å². The number of carbonyl (C=O) groups excluding carboxylic acids is 1. The molecule has 106 valence electrons. The molecule has 0 bridgehead atoms. The lowest BCUT2D eigenvalue weighted by atomic mass is 10.1. The van der Waals surface area contributed by atoms with Crippen molar-refractivity contribution in [1.82, 2.24) is 9.47 Å². The predicted octanol–water partition coefficient (Wildman–Crippen LogP) is 2.96. The standard InChI is InChI=1S/C17H22N2O/c1-13-10-16(14(2)19(13)4)17(20)12-18(3)11-15-8-6-5-7-9-15/h5-10H,11-12H2,1-4H3. The Hall–Kier alpha value is -1.87. The van der Waals surface area contributed by atoms with Crippen LogP contribution < -0.4 is 0 Å². The summed E-state index contributed by atoms with van der Waals surface area (Å²) in [5, 5.41) is 0. The molecule has 0 aliphatic heterocycles. The van der Waals surface area contributed by atoms with E-state index in [4.69, 9.17) is 0 Å². The third kappa shape index (κ3) is 3.17. The van der Waals surface area contributed by atoms with Gasteiger partial charge < -0.3 is 4.57 Å². The van der Waals surface area contributed by atoms with Gasteiger partial charge in [0.1, 0.15) is 0 Å². The van der Waals surface area contributed by atoms with E-state index in [1.807, 2.05) is 52.2 Å². The van der Waals surface area contributed by atoms with Crippen LogP contribution in [0.25, 0.3) is 0 Å². The Bertz CT molecular complexity index is 599. The van der Waals surface area contributed by atoms with Crippen LogP contribution in [0.1, 0.15) is 27.3 Å². The molecule has 0 radical (unpaired) electrons. The Kier molecular flexibility index (Phi) is 4.40. The molecule has 1 aromatic carbocycles. The monoisotopic (exact) mass is 270 g/mol. The largest absolute Gasteiger partial charge is 0.351 e. The maximum absolute atomic E-state index is 12.4. The zero-order valence-electron chi connectivity index (χ0n) is 12.7. The number of aryl methyl sites for hydroxylation is 1. The molecular formula is C17H22N2O. The van der Waals surface area contributed by atoms with E-state index in [1.54, 1.807) is 0 Å². The van der Waals surface area contributed by atoms with Gasteiger partial charge in [0.2, 0.25) is 0 Å². The Morgan fingerprint density at radius 2 is 1.85 bits per heavy atom. The molecule has 0 saturated heterocycles. The molecule has 0 unspecified atom stereocenters. The van der Waals surface area contributed by atoms with Gasteiger partial charge in [-0.15, -0.1) is 0 Å². The second-order valence-electron chi connectivity index (χ2n) is 5.42. The summed E-state index contributed by atoms with van der Waals surface area (Å²) in [6.45, 7) is 5.26. The summed E-state index contributed by atoms with van der Waals surface area (Å²) in [5.41, 5.74) is 4.23. The number of likely N-dealkylation sites (N-methyl/N-ethyl adjacent to an activating group) is 1. The molecule has 0 atom stereocenters. The summed E-state index contributed by atoms with van der Waals surface area (Å²) >= 11 is 0. The van der Waals surface area contributed by atoms with E-state index in [2.05, 4.69) is 21.6 Å². The highest BCUT2D eigenvalue weighted by molar-refractivity contribution is 5.99. The first-order chi connectivity index (χ1) is 9.49. The third-order valence-electron chi connectivity index (χ3n) is 3.78. The van der Waals surface area contributed by atoms with E-state index in [0.29, 0.717) is 6.54 Å². The average Bonchev–Trinajstić information content (AvgIpc) is 2.67. The van der Waals surface area contributed by atoms with E-state index < -0.39 is 0 Å². The van der Waals surface area contributed by atoms with Crippen LogP contribution in [-0.4, -0.2) is 28.8 Å². The number of nitrogens with zero attached hydrogens (tertiary/aromatic N) is 2. The summed E-state index contributed by atoms with van der Waals surface area (Å²) < 4.78 is 2.06. The van der Waals surface area contributed by atoms with Gasteiger partial charge in [-0.05, 0) is 32.5 Å². The average molecular weight is 270 g/mol. The van der Waals surface area contributed by atoms with Crippen molar-refractivity contribution < 1.29 is 4.79 Å². The van der Waals surface area contributed by atoms with Crippen LogP contribution in [0.15, 0.2) is 36.4 Å². The lowest BCUT2D eigenvalue weighted by molar-refractivity contribution is 0.0942. The summed E-state index contributed by atoms with van der Waals surface area (Å²) in [5.74, 6) is 0.185. The zero-order chi connectivity index (χ0) is 14.7. The SMILES string of the molecule is Cc1cc(C(=O)CN(C)Cc2ccccc2)c(C)n1C. The molecule has 0 aliphatic rings. The molecule has 1 aromatic heterocycles. The van der Waals surface area contributed by atoms with Gasteiger partial charge in [0.05, 0.1) is 6.54 Å². The molecule has 0 amide bonds. The van der Waals surface area contributed by atoms with Crippen LogP contribution in [0.2, 0.25) is 0 Å². The van der Waals surface area contributed by atoms with Crippen molar-refractivity contribution in [3.63, 3.8) is 0 Å². The minimum atomic E-state index is 0.185. The summed E-state index contributed by atoms with van der Waals surface area (Å²) in [6, 6.07) is 12.2. The second-order valence-corrected chi connectivity index (χ2v) is 5.42. The van der Waals surface area contributed by atoms with Crippen molar-refractivity contribution in [1.29, 1.82) is 0 Å². The molecule has 0 aliphatic carbocycles. The van der Waals surface area contributed by atoms with Crippen LogP contribution >= 0.6 is 0 Å². The van der Waals surface area contributed by atoms with Crippen molar-refractivity contribution >= 4 is 5.78 Å². The minimum Gasteiger partial charge on any atom is -0.351 e. The summed E-state index contributed by atoms with van der Waals surface area (Å²) in [7, 11) is 3.98. The van der Waals surface area contributed by atoms with Gasteiger partial charge >= 0.3 is 0 Å². The van der Waals surface area contributed by atoms with Gasteiger partial charge in [-0.2, -0.15) is 0 Å². The number of ketones is 1.